The van der Waals surface area contributed by atoms with Crippen molar-refractivity contribution in [2.24, 2.45) is 0 Å². The summed E-state index contributed by atoms with van der Waals surface area (Å²) >= 11 is 0. The third-order valence-electron chi connectivity index (χ3n) is 2.99. The third-order valence-corrected chi connectivity index (χ3v) is 5.48. The van der Waals surface area contributed by atoms with Gasteiger partial charge in [-0.3, -0.25) is 0 Å². The summed E-state index contributed by atoms with van der Waals surface area (Å²) in [5, 5.41) is 0. The van der Waals surface area contributed by atoms with Crippen LogP contribution in [0.15, 0.2) is 42.7 Å². The van der Waals surface area contributed by atoms with Gasteiger partial charge in [0.15, 0.2) is 0 Å². The van der Waals surface area contributed by atoms with Crippen LogP contribution in [0.1, 0.15) is 11.7 Å². The average Bonchev–Trinajstić information content (AvgIpc) is 2.12. The van der Waals surface area contributed by atoms with Gasteiger partial charge in [-0.05, 0) is 5.56 Å². The zero-order valence-electron chi connectivity index (χ0n) is 9.66. The van der Waals surface area contributed by atoms with Crippen molar-refractivity contribution in [2.45, 2.75) is 31.3 Å². The Balaban J connectivity index is 2.23. The second-order valence-corrected chi connectivity index (χ2v) is 10.6. The molecule has 0 saturated carbocycles. The summed E-state index contributed by atoms with van der Waals surface area (Å²) in [7, 11) is -1.21. The van der Waals surface area contributed by atoms with Gasteiger partial charge in [-0.25, -0.2) is 0 Å². The van der Waals surface area contributed by atoms with Gasteiger partial charge in [0.25, 0.3) is 0 Å². The number of ether oxygens (including phenoxy) is 1. The van der Waals surface area contributed by atoms with E-state index in [1.54, 1.807) is 0 Å². The number of hydrogen-bond acceptors (Lipinski definition) is 1. The van der Waals surface area contributed by atoms with E-state index in [9.17, 15) is 0 Å². The highest BCUT2D eigenvalue weighted by atomic mass is 28.3. The lowest BCUT2D eigenvalue weighted by Crippen LogP contribution is -2.41. The Morgan fingerprint density at radius 1 is 1.13 bits per heavy atom. The lowest BCUT2D eigenvalue weighted by Gasteiger charge is -2.46. The van der Waals surface area contributed by atoms with E-state index in [-0.39, 0.29) is 6.10 Å². The molecule has 1 heterocycles. The molecular weight excluding hydrogens is 200 g/mol. The van der Waals surface area contributed by atoms with E-state index in [1.165, 1.54) is 5.56 Å². The summed E-state index contributed by atoms with van der Waals surface area (Å²) in [6.07, 6.45) is 0.255. The first kappa shape index (κ1) is 10.5. The molecule has 1 aliphatic heterocycles. The molecule has 0 bridgehead atoms. The molecule has 80 valence electrons. The van der Waals surface area contributed by atoms with Gasteiger partial charge in [-0.15, -0.1) is 0 Å². The fourth-order valence-electron chi connectivity index (χ4n) is 2.24. The topological polar surface area (TPSA) is 9.23 Å². The van der Waals surface area contributed by atoms with Crippen LogP contribution in [-0.4, -0.2) is 8.07 Å². The van der Waals surface area contributed by atoms with Gasteiger partial charge in [0.05, 0.1) is 19.4 Å². The van der Waals surface area contributed by atoms with Crippen LogP contribution in [0, 0.1) is 0 Å². The van der Waals surface area contributed by atoms with Crippen LogP contribution >= 0.6 is 0 Å². The lowest BCUT2D eigenvalue weighted by molar-refractivity contribution is 0.0177. The Hall–Kier alpha value is -1.02. The van der Waals surface area contributed by atoms with E-state index in [2.05, 4.69) is 50.5 Å². The van der Waals surface area contributed by atoms with Gasteiger partial charge >= 0.3 is 0 Å². The maximum Gasteiger partial charge on any atom is 0.131 e. The van der Waals surface area contributed by atoms with Crippen LogP contribution < -0.4 is 0 Å². The molecule has 2 heteroatoms. The molecular formula is C13H18OSi. The lowest BCUT2D eigenvalue weighted by atomic mass is 10.0. The molecule has 0 aromatic heterocycles. The zero-order chi connectivity index (χ0) is 11.1. The maximum atomic E-state index is 5.70. The van der Waals surface area contributed by atoms with Gasteiger partial charge in [-0.2, -0.15) is 0 Å². The first-order valence-corrected chi connectivity index (χ1v) is 8.98. The van der Waals surface area contributed by atoms with Crippen molar-refractivity contribution in [3.8, 4) is 0 Å². The quantitative estimate of drug-likeness (QED) is 0.682. The zero-order valence-corrected chi connectivity index (χ0v) is 10.7. The molecule has 0 unspecified atom stereocenters. The SMILES string of the molecule is C=C1O[C@@H](c2ccccc2)[C@H]1[Si](C)(C)C. The van der Waals surface area contributed by atoms with E-state index in [0.717, 1.165) is 5.76 Å². The number of benzene rings is 1. The fraction of sp³-hybridized carbons (Fsp3) is 0.385. The van der Waals surface area contributed by atoms with Crippen LogP contribution in [0.2, 0.25) is 25.2 Å². The van der Waals surface area contributed by atoms with E-state index in [0.29, 0.717) is 5.54 Å². The molecule has 1 aliphatic rings. The summed E-state index contributed by atoms with van der Waals surface area (Å²) in [6, 6.07) is 10.5. The van der Waals surface area contributed by atoms with Crippen molar-refractivity contribution in [3.63, 3.8) is 0 Å². The van der Waals surface area contributed by atoms with Crippen molar-refractivity contribution >= 4 is 8.07 Å². The van der Waals surface area contributed by atoms with Crippen molar-refractivity contribution in [3.05, 3.63) is 48.2 Å². The highest BCUT2D eigenvalue weighted by Crippen LogP contribution is 2.52. The fourth-order valence-corrected chi connectivity index (χ4v) is 4.44. The normalized spacial score (nSPS) is 25.7. The minimum absolute atomic E-state index is 0.255. The van der Waals surface area contributed by atoms with Gasteiger partial charge in [0.1, 0.15) is 6.10 Å². The summed E-state index contributed by atoms with van der Waals surface area (Å²) in [5.74, 6) is 0.989. The summed E-state index contributed by atoms with van der Waals surface area (Å²) < 4.78 is 5.70. The first-order valence-electron chi connectivity index (χ1n) is 5.40. The van der Waals surface area contributed by atoms with Crippen LogP contribution in [0.3, 0.4) is 0 Å². The van der Waals surface area contributed by atoms with Crippen LogP contribution in [-0.2, 0) is 4.74 Å². The molecule has 0 amide bonds. The van der Waals surface area contributed by atoms with Gasteiger partial charge in [0, 0.05) is 0 Å². The molecule has 0 N–H and O–H groups in total. The van der Waals surface area contributed by atoms with Crippen molar-refractivity contribution in [2.75, 3.05) is 0 Å². The molecule has 1 saturated heterocycles. The second kappa shape index (κ2) is 3.53. The van der Waals surface area contributed by atoms with Gasteiger partial charge in [0.2, 0.25) is 0 Å². The molecule has 2 atom stereocenters. The van der Waals surface area contributed by atoms with E-state index in [4.69, 9.17) is 4.74 Å². The van der Waals surface area contributed by atoms with E-state index >= 15 is 0 Å². The maximum absolute atomic E-state index is 5.70. The standard InChI is InChI=1S/C13H18OSi/c1-10-13(15(2,3)4)12(14-10)11-8-6-5-7-9-11/h5-9,12-13H,1H2,2-4H3/t12-,13-/m0/s1. The molecule has 1 aromatic carbocycles. The predicted octanol–water partition coefficient (Wildman–Crippen LogP) is 3.98. The summed E-state index contributed by atoms with van der Waals surface area (Å²) in [4.78, 5) is 0. The third kappa shape index (κ3) is 1.86. The highest BCUT2D eigenvalue weighted by molar-refractivity contribution is 6.78. The smallest absolute Gasteiger partial charge is 0.131 e. The summed E-state index contributed by atoms with van der Waals surface area (Å²) in [6.45, 7) is 11.1. The van der Waals surface area contributed by atoms with Gasteiger partial charge in [-0.1, -0.05) is 56.6 Å². The Morgan fingerprint density at radius 2 is 1.73 bits per heavy atom. The molecule has 2 rings (SSSR count). The molecule has 0 spiro atoms. The van der Waals surface area contributed by atoms with Crippen LogP contribution in [0.4, 0.5) is 0 Å². The molecule has 0 aliphatic carbocycles. The molecule has 0 radical (unpaired) electrons. The van der Waals surface area contributed by atoms with Crippen molar-refractivity contribution in [1.82, 2.24) is 0 Å². The minimum Gasteiger partial charge on any atom is -0.490 e. The molecule has 15 heavy (non-hydrogen) atoms. The molecule has 1 aromatic rings. The largest absolute Gasteiger partial charge is 0.490 e. The highest BCUT2D eigenvalue weighted by Gasteiger charge is 2.46. The van der Waals surface area contributed by atoms with Crippen molar-refractivity contribution < 1.29 is 4.74 Å². The Morgan fingerprint density at radius 3 is 2.20 bits per heavy atom. The molecule has 1 nitrogen and oxygen atoms in total. The average molecular weight is 218 g/mol. The second-order valence-electron chi connectivity index (χ2n) is 5.26. The van der Waals surface area contributed by atoms with E-state index in [1.807, 2.05) is 6.07 Å². The number of hydrogen-bond donors (Lipinski definition) is 0. The Bertz CT molecular complexity index is 364. The minimum atomic E-state index is -1.21. The van der Waals surface area contributed by atoms with Crippen LogP contribution in [0.5, 0.6) is 0 Å². The monoisotopic (exact) mass is 218 g/mol. The Kier molecular flexibility index (Phi) is 2.47. The Labute approximate surface area is 92.8 Å². The summed E-state index contributed by atoms with van der Waals surface area (Å²) in [5.41, 5.74) is 1.86. The van der Waals surface area contributed by atoms with E-state index < -0.39 is 8.07 Å². The molecule has 1 fully saturated rings. The first-order chi connectivity index (χ1) is 7.00. The predicted molar refractivity (Wildman–Crippen MR) is 66.5 cm³/mol. The van der Waals surface area contributed by atoms with Gasteiger partial charge < -0.3 is 4.74 Å². The number of rotatable bonds is 2. The van der Waals surface area contributed by atoms with Crippen LogP contribution in [0.25, 0.3) is 0 Å². The van der Waals surface area contributed by atoms with Crippen molar-refractivity contribution in [1.29, 1.82) is 0 Å².